The number of ether oxygens (including phenoxy) is 1. The highest BCUT2D eigenvalue weighted by Crippen LogP contribution is 2.25. The molecule has 4 aromatic carbocycles. The van der Waals surface area contributed by atoms with Gasteiger partial charge in [0.25, 0.3) is 11.1 Å². The topological polar surface area (TPSA) is 108 Å². The van der Waals surface area contributed by atoms with Gasteiger partial charge in [0.05, 0.1) is 22.1 Å². The Morgan fingerprint density at radius 2 is 1.19 bits per heavy atom. The summed E-state index contributed by atoms with van der Waals surface area (Å²) in [5, 5.41) is 8.22. The third kappa shape index (κ3) is 9.10. The van der Waals surface area contributed by atoms with E-state index in [9.17, 15) is 22.8 Å². The maximum Gasteiger partial charge on any atom is 0.573 e. The van der Waals surface area contributed by atoms with Crippen molar-refractivity contribution >= 4 is 45.7 Å². The number of hydrogen-bond donors (Lipinski definition) is 1. The van der Waals surface area contributed by atoms with E-state index in [1.165, 1.54) is 17.7 Å². The molecule has 6 aromatic rings. The molecule has 2 aromatic heterocycles. The maximum absolute atomic E-state index is 12.0. The van der Waals surface area contributed by atoms with Crippen LogP contribution in [0.4, 0.5) is 13.2 Å². The summed E-state index contributed by atoms with van der Waals surface area (Å²) in [6.07, 6.45) is -4.70. The van der Waals surface area contributed by atoms with E-state index in [1.54, 1.807) is 37.1 Å². The number of aryl methyl sites for hydroxylation is 5. The van der Waals surface area contributed by atoms with Crippen molar-refractivity contribution in [3.63, 3.8) is 0 Å². The lowest BCUT2D eigenvalue weighted by Crippen LogP contribution is -2.21. The summed E-state index contributed by atoms with van der Waals surface area (Å²) in [4.78, 5) is 32.1. The minimum atomic E-state index is -4.70. The Labute approximate surface area is 282 Å². The zero-order valence-electron chi connectivity index (χ0n) is 26.5. The molecule has 0 amide bonds. The largest absolute Gasteiger partial charge is 0.573 e. The highest BCUT2D eigenvalue weighted by molar-refractivity contribution is 9.10. The first-order valence-corrected chi connectivity index (χ1v) is 15.1. The number of fused-ring (bicyclic) bond motifs is 2. The van der Waals surface area contributed by atoms with Crippen LogP contribution in [0.15, 0.2) is 99.0 Å². The van der Waals surface area contributed by atoms with Gasteiger partial charge in [0.2, 0.25) is 0 Å². The van der Waals surface area contributed by atoms with Gasteiger partial charge in [0, 0.05) is 18.6 Å². The molecule has 6 rings (SSSR count). The van der Waals surface area contributed by atoms with E-state index in [0.717, 1.165) is 49.8 Å². The van der Waals surface area contributed by atoms with Crippen LogP contribution < -0.4 is 20.5 Å². The van der Waals surface area contributed by atoms with E-state index < -0.39 is 6.36 Å². The number of halogens is 4. The molecule has 0 fully saturated rings. The van der Waals surface area contributed by atoms with Gasteiger partial charge in [-0.25, -0.2) is 9.97 Å². The molecule has 9 nitrogen and oxygen atoms in total. The first kappa shape index (κ1) is 35.9. The number of hydrogen-bond acceptors (Lipinski definition) is 7. The molecule has 1 N–H and O–H groups in total. The Balaban J connectivity index is 0.000000167. The Hall–Kier alpha value is -4.95. The first-order chi connectivity index (χ1) is 22.7. The van der Waals surface area contributed by atoms with Crippen LogP contribution in [-0.4, -0.2) is 38.2 Å². The van der Waals surface area contributed by atoms with Gasteiger partial charge in [-0.2, -0.15) is 0 Å². The SMILES string of the molecule is Cc1ccc(-c2ccc3nc(C)c(=O)n(C)c3c2)cc1.Cc1nc2ccc(Br)cc2n(C)c1=O.O[B]Oc1ccc(OC(F)(F)F)cc1. The second kappa shape index (κ2) is 15.3. The van der Waals surface area contributed by atoms with Gasteiger partial charge in [-0.1, -0.05) is 51.8 Å². The van der Waals surface area contributed by atoms with Crippen LogP contribution in [0, 0.1) is 20.8 Å². The lowest BCUT2D eigenvalue weighted by Gasteiger charge is -2.08. The third-order valence-electron chi connectivity index (χ3n) is 7.07. The van der Waals surface area contributed by atoms with E-state index in [0.29, 0.717) is 19.1 Å². The van der Waals surface area contributed by atoms with Crippen LogP contribution in [0.3, 0.4) is 0 Å². The van der Waals surface area contributed by atoms with Gasteiger partial charge in [0.1, 0.15) is 22.9 Å². The van der Waals surface area contributed by atoms with Gasteiger partial charge >= 0.3 is 14.0 Å². The molecule has 48 heavy (non-hydrogen) atoms. The maximum atomic E-state index is 12.0. The molecule has 0 unspecified atom stereocenters. The third-order valence-corrected chi connectivity index (χ3v) is 7.56. The first-order valence-electron chi connectivity index (χ1n) is 14.3. The molecule has 0 spiro atoms. The van der Waals surface area contributed by atoms with Gasteiger partial charge in [-0.05, 0) is 86.5 Å². The predicted molar refractivity (Wildman–Crippen MR) is 183 cm³/mol. The van der Waals surface area contributed by atoms with Gasteiger partial charge < -0.3 is 23.5 Å². The van der Waals surface area contributed by atoms with Crippen molar-refractivity contribution in [2.75, 3.05) is 0 Å². The summed E-state index contributed by atoms with van der Waals surface area (Å²) in [5.74, 6) is -0.134. The lowest BCUT2D eigenvalue weighted by molar-refractivity contribution is -0.274. The Kier molecular flexibility index (Phi) is 11.4. The zero-order chi connectivity index (χ0) is 35.2. The van der Waals surface area contributed by atoms with E-state index in [2.05, 4.69) is 66.5 Å². The van der Waals surface area contributed by atoms with Crippen molar-refractivity contribution in [1.29, 1.82) is 0 Å². The fourth-order valence-electron chi connectivity index (χ4n) is 4.61. The number of rotatable bonds is 4. The summed E-state index contributed by atoms with van der Waals surface area (Å²) in [6.45, 7) is 5.54. The van der Waals surface area contributed by atoms with Crippen LogP contribution in [0.5, 0.6) is 11.5 Å². The van der Waals surface area contributed by atoms with E-state index in [-0.39, 0.29) is 22.6 Å². The van der Waals surface area contributed by atoms with Gasteiger partial charge in [-0.15, -0.1) is 13.2 Å². The lowest BCUT2D eigenvalue weighted by atomic mass is 10.0. The molecule has 0 aliphatic carbocycles. The number of alkyl halides is 3. The molecule has 2 heterocycles. The summed E-state index contributed by atoms with van der Waals surface area (Å²) in [5.41, 5.74) is 7.84. The molecule has 0 saturated heterocycles. The smallest absolute Gasteiger partial charge is 0.537 e. The summed E-state index contributed by atoms with van der Waals surface area (Å²) >= 11 is 3.37. The van der Waals surface area contributed by atoms with Crippen LogP contribution in [0.2, 0.25) is 0 Å². The van der Waals surface area contributed by atoms with Crippen LogP contribution in [0.1, 0.15) is 17.0 Å². The molecule has 0 aliphatic rings. The number of aromatic nitrogens is 4. The van der Waals surface area contributed by atoms with Crippen molar-refractivity contribution in [1.82, 2.24) is 19.1 Å². The molecule has 1 radical (unpaired) electrons. The minimum absolute atomic E-state index is 0.0430. The Morgan fingerprint density at radius 3 is 1.71 bits per heavy atom. The van der Waals surface area contributed by atoms with E-state index in [1.807, 2.05) is 36.4 Å². The quantitative estimate of drug-likeness (QED) is 0.202. The molecule has 0 aliphatic heterocycles. The fourth-order valence-corrected chi connectivity index (χ4v) is 4.96. The van der Waals surface area contributed by atoms with Crippen LogP contribution >= 0.6 is 15.9 Å². The summed E-state index contributed by atoms with van der Waals surface area (Å²) in [6, 6.07) is 24.7. The molecular weight excluding hydrogens is 692 g/mol. The molecular formula is C34H30BBrF3N4O5. The standard InChI is InChI=1S/C17H16N2O.C10H9BrN2O.C7H5BF3O3/c1-11-4-6-13(7-5-11)14-8-9-15-16(10-14)19(3)17(20)12(2)18-15;1-6-10(14)13(2)9-5-7(11)3-4-8(9)12-6;9-7(10,11)13-5-1-3-6(4-2-5)14-8-12/h4-10H,1-3H3;3-5H,1-2H3;1-4,12H. The van der Waals surface area contributed by atoms with Crippen LogP contribution in [0.25, 0.3) is 33.2 Å². The summed E-state index contributed by atoms with van der Waals surface area (Å²) < 4.78 is 47.4. The average Bonchev–Trinajstić information content (AvgIpc) is 3.04. The Morgan fingerprint density at radius 1 is 0.708 bits per heavy atom. The van der Waals surface area contributed by atoms with E-state index in [4.69, 9.17) is 5.02 Å². The highest BCUT2D eigenvalue weighted by atomic mass is 79.9. The van der Waals surface area contributed by atoms with Gasteiger partial charge in [0.15, 0.2) is 0 Å². The normalized spacial score (nSPS) is 10.9. The average molecular weight is 722 g/mol. The van der Waals surface area contributed by atoms with Crippen molar-refractivity contribution in [3.05, 3.63) is 127 Å². The molecule has 0 saturated carbocycles. The highest BCUT2D eigenvalue weighted by Gasteiger charge is 2.31. The fraction of sp³-hybridized carbons (Fsp3) is 0.176. The number of benzene rings is 4. The van der Waals surface area contributed by atoms with E-state index >= 15 is 0 Å². The van der Waals surface area contributed by atoms with Crippen molar-refractivity contribution in [2.45, 2.75) is 27.1 Å². The molecule has 14 heteroatoms. The summed E-state index contributed by atoms with van der Waals surface area (Å²) in [7, 11) is 3.98. The number of nitrogens with zero attached hydrogens (tertiary/aromatic N) is 4. The van der Waals surface area contributed by atoms with Crippen molar-refractivity contribution in [2.24, 2.45) is 14.1 Å². The zero-order valence-corrected chi connectivity index (χ0v) is 28.1. The monoisotopic (exact) mass is 721 g/mol. The second-order valence-electron chi connectivity index (χ2n) is 10.6. The Bertz CT molecular complexity index is 2170. The molecule has 0 atom stereocenters. The van der Waals surface area contributed by atoms with Crippen molar-refractivity contribution < 1.29 is 27.6 Å². The van der Waals surface area contributed by atoms with Crippen LogP contribution in [-0.2, 0) is 14.1 Å². The molecule has 247 valence electrons. The molecule has 0 bridgehead atoms. The van der Waals surface area contributed by atoms with Gasteiger partial charge in [-0.3, -0.25) is 9.59 Å². The minimum Gasteiger partial charge on any atom is -0.537 e. The second-order valence-corrected chi connectivity index (χ2v) is 11.5. The predicted octanol–water partition coefficient (Wildman–Crippen LogP) is 6.71. The van der Waals surface area contributed by atoms with Crippen molar-refractivity contribution in [3.8, 4) is 22.6 Å².